The number of aliphatic hydroxyl groups excluding tert-OH is 3. The van der Waals surface area contributed by atoms with Gasteiger partial charge in [-0.2, -0.15) is 0 Å². The SMILES string of the molecule is COc1cc(C=NC(C)C(O)c2ccccc2)cc(OC)c1OC.COc1cc(C=O)cc(OC)c1OC.COc1cc(CNC(C)C(O)c2ccccc2)cc(OC)c1OC.C[C@H](N)[C@H](O)c1ccccc1. The van der Waals surface area contributed by atoms with Crippen molar-refractivity contribution in [2.45, 2.75) is 63.8 Å². The van der Waals surface area contributed by atoms with Crippen molar-refractivity contribution in [1.29, 1.82) is 0 Å². The normalized spacial score (nSPS) is 13.0. The van der Waals surface area contributed by atoms with Crippen LogP contribution in [0.5, 0.6) is 51.7 Å². The van der Waals surface area contributed by atoms with Gasteiger partial charge in [0.15, 0.2) is 34.5 Å². The quantitative estimate of drug-likeness (QED) is 0.0337. The number of aliphatic hydroxyl groups is 3. The molecule has 6 atom stereocenters. The Labute approximate surface area is 430 Å². The average molecular weight is 1010 g/mol. The highest BCUT2D eigenvalue weighted by Crippen LogP contribution is 2.40. The van der Waals surface area contributed by atoms with Crippen molar-refractivity contribution in [3.63, 3.8) is 0 Å². The van der Waals surface area contributed by atoms with Gasteiger partial charge in [-0.15, -0.1) is 0 Å². The molecule has 0 aromatic heterocycles. The lowest BCUT2D eigenvalue weighted by Gasteiger charge is -2.21. The second kappa shape index (κ2) is 31.9. The fourth-order valence-corrected chi connectivity index (χ4v) is 7.08. The fraction of sp³-hybridized carbons (Fsp3) is 0.333. The van der Waals surface area contributed by atoms with E-state index in [9.17, 15) is 20.1 Å². The summed E-state index contributed by atoms with van der Waals surface area (Å²) in [5.74, 6) is 4.91. The van der Waals surface area contributed by atoms with Crippen molar-refractivity contribution >= 4 is 12.5 Å². The molecule has 16 nitrogen and oxygen atoms in total. The molecule has 0 radical (unpaired) electrons. The van der Waals surface area contributed by atoms with Gasteiger partial charge in [0.1, 0.15) is 12.4 Å². The van der Waals surface area contributed by atoms with Crippen LogP contribution in [-0.4, -0.2) is 110 Å². The van der Waals surface area contributed by atoms with E-state index in [1.54, 1.807) is 67.9 Å². The van der Waals surface area contributed by atoms with Gasteiger partial charge < -0.3 is 69.0 Å². The van der Waals surface area contributed by atoms with Crippen molar-refractivity contribution in [3.8, 4) is 51.7 Å². The Morgan fingerprint density at radius 3 is 1.14 bits per heavy atom. The summed E-state index contributed by atoms with van der Waals surface area (Å²) in [6, 6.07) is 38.5. The number of hydrogen-bond donors (Lipinski definition) is 5. The van der Waals surface area contributed by atoms with Gasteiger partial charge in [0.2, 0.25) is 17.2 Å². The lowest BCUT2D eigenvalue weighted by Crippen LogP contribution is -2.31. The number of aliphatic imine (C=N–C) groups is 1. The first-order valence-corrected chi connectivity index (χ1v) is 23.2. The number of hydrogen-bond acceptors (Lipinski definition) is 16. The van der Waals surface area contributed by atoms with Gasteiger partial charge in [0.05, 0.1) is 82.2 Å². The maximum atomic E-state index is 10.6. The van der Waals surface area contributed by atoms with Crippen molar-refractivity contribution < 1.29 is 62.7 Å². The van der Waals surface area contributed by atoms with Gasteiger partial charge >= 0.3 is 0 Å². The lowest BCUT2D eigenvalue weighted by molar-refractivity contribution is 0.112. The highest BCUT2D eigenvalue weighted by Gasteiger charge is 2.19. The highest BCUT2D eigenvalue weighted by atomic mass is 16.5. The van der Waals surface area contributed by atoms with Crippen LogP contribution in [0.3, 0.4) is 0 Å². The number of carbonyl (C=O) groups is 1. The van der Waals surface area contributed by atoms with Crippen LogP contribution >= 0.6 is 0 Å². The van der Waals surface area contributed by atoms with Crippen molar-refractivity contribution in [3.05, 3.63) is 161 Å². The third kappa shape index (κ3) is 18.0. The summed E-state index contributed by atoms with van der Waals surface area (Å²) in [5.41, 5.74) is 10.4. The molecule has 0 bridgehead atoms. The minimum Gasteiger partial charge on any atom is -0.493 e. The summed E-state index contributed by atoms with van der Waals surface area (Å²) in [7, 11) is 14.0. The Morgan fingerprint density at radius 2 is 0.808 bits per heavy atom. The van der Waals surface area contributed by atoms with Crippen LogP contribution in [0.15, 0.2) is 132 Å². The topological polar surface area (TPSA) is 211 Å². The number of benzene rings is 6. The third-order valence-electron chi connectivity index (χ3n) is 11.2. The zero-order valence-corrected chi connectivity index (χ0v) is 43.9. The lowest BCUT2D eigenvalue weighted by atomic mass is 10.0. The molecule has 0 fully saturated rings. The van der Waals surface area contributed by atoms with Gasteiger partial charge in [-0.1, -0.05) is 91.0 Å². The molecule has 0 aliphatic heterocycles. The van der Waals surface area contributed by atoms with E-state index in [2.05, 4.69) is 10.3 Å². The molecule has 394 valence electrons. The van der Waals surface area contributed by atoms with Gasteiger partial charge in [0.25, 0.3) is 0 Å². The fourth-order valence-electron chi connectivity index (χ4n) is 7.08. The number of rotatable bonds is 21. The second-order valence-electron chi connectivity index (χ2n) is 16.2. The van der Waals surface area contributed by atoms with Crippen LogP contribution in [-0.2, 0) is 6.54 Å². The summed E-state index contributed by atoms with van der Waals surface area (Å²) >= 11 is 0. The van der Waals surface area contributed by atoms with E-state index in [0.717, 1.165) is 34.1 Å². The zero-order valence-electron chi connectivity index (χ0n) is 43.9. The first-order valence-electron chi connectivity index (χ1n) is 23.2. The Hall–Kier alpha value is -7.34. The van der Waals surface area contributed by atoms with Crippen molar-refractivity contribution in [1.82, 2.24) is 5.32 Å². The number of nitrogens with two attached hydrogens (primary N) is 1. The number of carbonyl (C=O) groups excluding carboxylic acids is 1. The largest absolute Gasteiger partial charge is 0.493 e. The van der Waals surface area contributed by atoms with Crippen LogP contribution in [0.2, 0.25) is 0 Å². The van der Waals surface area contributed by atoms with E-state index in [4.69, 9.17) is 48.4 Å². The Bertz CT molecular complexity index is 2470. The van der Waals surface area contributed by atoms with E-state index in [1.807, 2.05) is 129 Å². The highest BCUT2D eigenvalue weighted by molar-refractivity contribution is 5.82. The average Bonchev–Trinajstić information content (AvgIpc) is 3.45. The van der Waals surface area contributed by atoms with Gasteiger partial charge in [0, 0.05) is 30.4 Å². The first-order chi connectivity index (χ1) is 35.2. The van der Waals surface area contributed by atoms with Crippen LogP contribution in [0.4, 0.5) is 0 Å². The molecule has 0 amide bonds. The molecule has 73 heavy (non-hydrogen) atoms. The van der Waals surface area contributed by atoms with Gasteiger partial charge in [-0.3, -0.25) is 9.79 Å². The van der Waals surface area contributed by atoms with Crippen LogP contribution in [0.25, 0.3) is 0 Å². The molecule has 0 aliphatic rings. The molecule has 16 heteroatoms. The van der Waals surface area contributed by atoms with Crippen LogP contribution in [0.1, 0.15) is 77.3 Å². The van der Waals surface area contributed by atoms with E-state index in [-0.39, 0.29) is 18.1 Å². The first kappa shape index (κ1) is 60.0. The maximum Gasteiger partial charge on any atom is 0.203 e. The predicted octanol–water partition coefficient (Wildman–Crippen LogP) is 8.77. The number of methoxy groups -OCH3 is 9. The van der Waals surface area contributed by atoms with Crippen LogP contribution < -0.4 is 53.7 Å². The number of nitrogens with zero attached hydrogens (tertiary/aromatic N) is 1. The van der Waals surface area contributed by atoms with E-state index < -0.39 is 18.3 Å². The molecule has 6 aromatic carbocycles. The number of ether oxygens (including phenoxy) is 9. The molecule has 4 unspecified atom stereocenters. The second-order valence-corrected chi connectivity index (χ2v) is 16.2. The minimum absolute atomic E-state index is 0.105. The Kier molecular flexibility index (Phi) is 26.2. The van der Waals surface area contributed by atoms with Gasteiger partial charge in [-0.25, -0.2) is 0 Å². The summed E-state index contributed by atoms with van der Waals surface area (Å²) < 4.78 is 47.2. The third-order valence-corrected chi connectivity index (χ3v) is 11.2. The summed E-state index contributed by atoms with van der Waals surface area (Å²) in [4.78, 5) is 15.0. The number of nitrogens with one attached hydrogen (secondary N) is 1. The smallest absolute Gasteiger partial charge is 0.203 e. The molecule has 0 heterocycles. The van der Waals surface area contributed by atoms with E-state index in [0.29, 0.717) is 63.9 Å². The molecular formula is C57H73N3O13. The molecule has 6 N–H and O–H groups in total. The monoisotopic (exact) mass is 1010 g/mol. The Morgan fingerprint density at radius 1 is 0.479 bits per heavy atom. The molecule has 0 spiro atoms. The van der Waals surface area contributed by atoms with Crippen LogP contribution in [0, 0.1) is 0 Å². The van der Waals surface area contributed by atoms with Crippen molar-refractivity contribution in [2.24, 2.45) is 10.7 Å². The zero-order chi connectivity index (χ0) is 53.9. The summed E-state index contributed by atoms with van der Waals surface area (Å²) in [6.07, 6.45) is 0.639. The molecule has 6 rings (SSSR count). The molecule has 0 aliphatic carbocycles. The van der Waals surface area contributed by atoms with E-state index in [1.165, 1.54) is 21.3 Å². The van der Waals surface area contributed by atoms with Crippen molar-refractivity contribution in [2.75, 3.05) is 64.0 Å². The minimum atomic E-state index is -0.663. The molecule has 0 saturated heterocycles. The summed E-state index contributed by atoms with van der Waals surface area (Å²) in [6.45, 7) is 6.18. The molecular weight excluding hydrogens is 935 g/mol. The number of aldehydes is 1. The maximum absolute atomic E-state index is 10.6. The predicted molar refractivity (Wildman–Crippen MR) is 285 cm³/mol. The van der Waals surface area contributed by atoms with Gasteiger partial charge in [-0.05, 0) is 85.0 Å². The standard InChI is InChI=1S/C19H25NO4.C19H23NO4.C10H12O4.C9H13NO/c2*1-13(18(21)15-8-6-5-7-9-15)20-12-14-10-16(22-2)19(24-4)17(11-14)23-3;1-12-8-4-7(6-11)5-9(13-2)10(8)14-3;1-7(10)9(11)8-5-3-2-4-6-8/h5-11,13,18,20-21H,12H2,1-4H3;5-13,18,21H,1-4H3;4-6H,1-3H3;2-7,9,11H,10H2,1H3/t;;;7-,9-/m...0/s1. The molecule has 0 saturated carbocycles. The Balaban J connectivity index is 0.000000269. The molecule has 6 aromatic rings. The van der Waals surface area contributed by atoms with E-state index >= 15 is 0 Å². The summed E-state index contributed by atoms with van der Waals surface area (Å²) in [5, 5.41) is 33.6.